The number of imide groups is 1. The van der Waals surface area contributed by atoms with Gasteiger partial charge in [0.1, 0.15) is 6.61 Å². The van der Waals surface area contributed by atoms with Gasteiger partial charge < -0.3 is 9.47 Å². The summed E-state index contributed by atoms with van der Waals surface area (Å²) in [6, 6.07) is 13.6. The van der Waals surface area contributed by atoms with Crippen molar-refractivity contribution in [2.24, 2.45) is 28.8 Å². The highest BCUT2D eigenvalue weighted by Crippen LogP contribution is 2.52. The standard InChI is InChI=1S/C25H24N2O4/c1-15-3-5-16(6-4-15)14-31-20-10-7-17(11-21(20)30-2)13-26-27-24(28)22-18-8-9-19(12-18)23(22)25(27)29/h3-11,13,18-19,22-23H,12,14H2,1-2H3/t18-,19-,22-,23+/m0/s1. The summed E-state index contributed by atoms with van der Waals surface area (Å²) in [6.45, 7) is 2.48. The molecule has 2 aliphatic carbocycles. The van der Waals surface area contributed by atoms with Crippen LogP contribution in [-0.4, -0.2) is 30.1 Å². The third-order valence-electron chi connectivity index (χ3n) is 6.47. The highest BCUT2D eigenvalue weighted by atomic mass is 16.5. The zero-order valence-electron chi connectivity index (χ0n) is 17.5. The Morgan fingerprint density at radius 2 is 1.68 bits per heavy atom. The molecule has 1 aliphatic heterocycles. The van der Waals surface area contributed by atoms with Crippen LogP contribution in [0.4, 0.5) is 0 Å². The van der Waals surface area contributed by atoms with Gasteiger partial charge in [-0.1, -0.05) is 42.0 Å². The molecule has 5 rings (SSSR count). The second-order valence-electron chi connectivity index (χ2n) is 8.42. The minimum Gasteiger partial charge on any atom is -0.493 e. The third kappa shape index (κ3) is 3.42. The van der Waals surface area contributed by atoms with Gasteiger partial charge in [-0.25, -0.2) is 0 Å². The molecule has 4 atom stereocenters. The van der Waals surface area contributed by atoms with E-state index in [1.807, 2.05) is 37.3 Å². The maximum atomic E-state index is 12.7. The van der Waals surface area contributed by atoms with Crippen LogP contribution >= 0.6 is 0 Å². The molecule has 0 radical (unpaired) electrons. The topological polar surface area (TPSA) is 68.2 Å². The van der Waals surface area contributed by atoms with E-state index in [2.05, 4.69) is 17.3 Å². The number of benzene rings is 2. The normalized spacial score (nSPS) is 26.2. The van der Waals surface area contributed by atoms with Crippen molar-refractivity contribution >= 4 is 18.0 Å². The first-order chi connectivity index (χ1) is 15.0. The number of carbonyl (C=O) groups is 2. The Balaban J connectivity index is 1.29. The van der Waals surface area contributed by atoms with Gasteiger partial charge in [0.25, 0.3) is 11.8 Å². The molecule has 2 aromatic carbocycles. The number of ether oxygens (including phenoxy) is 2. The molecule has 0 unspecified atom stereocenters. The molecule has 2 aromatic rings. The fourth-order valence-electron chi connectivity index (χ4n) is 4.85. The van der Waals surface area contributed by atoms with Crippen molar-refractivity contribution in [3.8, 4) is 11.5 Å². The average Bonchev–Trinajstić information content (AvgIpc) is 3.46. The second kappa shape index (κ2) is 7.69. The Labute approximate surface area is 181 Å². The van der Waals surface area contributed by atoms with Gasteiger partial charge >= 0.3 is 0 Å². The molecular formula is C25H24N2O4. The van der Waals surface area contributed by atoms with Gasteiger partial charge in [0.05, 0.1) is 25.2 Å². The van der Waals surface area contributed by atoms with Gasteiger partial charge in [0.15, 0.2) is 11.5 Å². The number of allylic oxidation sites excluding steroid dienone is 2. The fourth-order valence-corrected chi connectivity index (χ4v) is 4.85. The van der Waals surface area contributed by atoms with E-state index in [0.29, 0.717) is 18.1 Å². The van der Waals surface area contributed by atoms with E-state index < -0.39 is 0 Å². The predicted molar refractivity (Wildman–Crippen MR) is 116 cm³/mol. The number of fused-ring (bicyclic) bond motifs is 5. The number of amides is 2. The van der Waals surface area contributed by atoms with E-state index in [1.165, 1.54) is 11.8 Å². The Morgan fingerprint density at radius 1 is 1.00 bits per heavy atom. The SMILES string of the molecule is COc1cc(C=NN2C(=O)[C@@H]3[C@H](C2=O)[C@H]2C=C[C@H]3C2)ccc1OCc1ccc(C)cc1. The summed E-state index contributed by atoms with van der Waals surface area (Å²) in [5.74, 6) is 0.674. The summed E-state index contributed by atoms with van der Waals surface area (Å²) in [5, 5.41) is 5.28. The summed E-state index contributed by atoms with van der Waals surface area (Å²) in [4.78, 5) is 25.5. The predicted octanol–water partition coefficient (Wildman–Crippen LogP) is 3.72. The van der Waals surface area contributed by atoms with E-state index in [-0.39, 0.29) is 35.5 Å². The lowest BCUT2D eigenvalue weighted by atomic mass is 9.85. The summed E-state index contributed by atoms with van der Waals surface area (Å²) in [7, 11) is 1.58. The molecule has 1 saturated heterocycles. The Kier molecular flexibility index (Phi) is 4.85. The second-order valence-corrected chi connectivity index (χ2v) is 8.42. The molecule has 31 heavy (non-hydrogen) atoms. The lowest BCUT2D eigenvalue weighted by Gasteiger charge is -2.13. The van der Waals surface area contributed by atoms with E-state index in [9.17, 15) is 9.59 Å². The van der Waals surface area contributed by atoms with Crippen molar-refractivity contribution in [3.05, 3.63) is 71.3 Å². The molecular weight excluding hydrogens is 392 g/mol. The molecule has 0 N–H and O–H groups in total. The van der Waals surface area contributed by atoms with Crippen LogP contribution in [0, 0.1) is 30.6 Å². The van der Waals surface area contributed by atoms with E-state index in [0.717, 1.165) is 22.6 Å². The molecule has 1 saturated carbocycles. The molecule has 2 fully saturated rings. The number of rotatable bonds is 6. The number of hydrogen-bond donors (Lipinski definition) is 0. The van der Waals surface area contributed by atoms with Crippen LogP contribution < -0.4 is 9.47 Å². The number of hydrazone groups is 1. The molecule has 2 amide bonds. The minimum atomic E-state index is -0.244. The number of carbonyl (C=O) groups excluding carboxylic acids is 2. The average molecular weight is 416 g/mol. The Bertz CT molecular complexity index is 1060. The quantitative estimate of drug-likeness (QED) is 0.409. The monoisotopic (exact) mass is 416 g/mol. The van der Waals surface area contributed by atoms with Crippen LogP contribution in [0.1, 0.15) is 23.1 Å². The smallest absolute Gasteiger partial charge is 0.254 e. The van der Waals surface area contributed by atoms with Crippen LogP contribution in [0.2, 0.25) is 0 Å². The maximum Gasteiger partial charge on any atom is 0.254 e. The van der Waals surface area contributed by atoms with Gasteiger partial charge in [-0.05, 0) is 54.5 Å². The number of hydrogen-bond acceptors (Lipinski definition) is 5. The van der Waals surface area contributed by atoms with Gasteiger partial charge in [0, 0.05) is 0 Å². The van der Waals surface area contributed by atoms with Crippen molar-refractivity contribution < 1.29 is 19.1 Å². The summed E-state index contributed by atoms with van der Waals surface area (Å²) in [6.07, 6.45) is 6.58. The number of methoxy groups -OCH3 is 1. The fraction of sp³-hybridized carbons (Fsp3) is 0.320. The number of aryl methyl sites for hydroxylation is 1. The lowest BCUT2D eigenvalue weighted by Crippen LogP contribution is -2.28. The number of nitrogens with zero attached hydrogens (tertiary/aromatic N) is 2. The first-order valence-electron chi connectivity index (χ1n) is 10.5. The van der Waals surface area contributed by atoms with Crippen LogP contribution in [0.5, 0.6) is 11.5 Å². The van der Waals surface area contributed by atoms with Crippen molar-refractivity contribution in [1.82, 2.24) is 5.01 Å². The van der Waals surface area contributed by atoms with E-state index in [1.54, 1.807) is 19.2 Å². The molecule has 3 aliphatic rings. The van der Waals surface area contributed by atoms with Crippen LogP contribution in [-0.2, 0) is 16.2 Å². The molecule has 6 nitrogen and oxygen atoms in total. The zero-order valence-corrected chi connectivity index (χ0v) is 17.5. The molecule has 158 valence electrons. The largest absolute Gasteiger partial charge is 0.493 e. The van der Waals surface area contributed by atoms with Crippen LogP contribution in [0.3, 0.4) is 0 Å². The Hall–Kier alpha value is -3.41. The van der Waals surface area contributed by atoms with E-state index in [4.69, 9.17) is 9.47 Å². The summed E-state index contributed by atoms with van der Waals surface area (Å²) in [5.41, 5.74) is 2.99. The molecule has 1 heterocycles. The van der Waals surface area contributed by atoms with Crippen molar-refractivity contribution in [1.29, 1.82) is 0 Å². The first kappa shape index (κ1) is 19.5. The first-order valence-corrected chi connectivity index (χ1v) is 10.5. The van der Waals surface area contributed by atoms with Crippen LogP contribution in [0.15, 0.2) is 59.7 Å². The minimum absolute atomic E-state index is 0.178. The zero-order chi connectivity index (χ0) is 21.5. The van der Waals surface area contributed by atoms with Gasteiger partial charge in [-0.2, -0.15) is 10.1 Å². The molecule has 2 bridgehead atoms. The third-order valence-corrected chi connectivity index (χ3v) is 6.47. The molecule has 0 spiro atoms. The lowest BCUT2D eigenvalue weighted by molar-refractivity contribution is -0.140. The maximum absolute atomic E-state index is 12.7. The van der Waals surface area contributed by atoms with Crippen molar-refractivity contribution in [3.63, 3.8) is 0 Å². The van der Waals surface area contributed by atoms with Crippen molar-refractivity contribution in [2.75, 3.05) is 7.11 Å². The highest BCUT2D eigenvalue weighted by Gasteiger charge is 2.59. The van der Waals surface area contributed by atoms with Gasteiger partial charge in [-0.3, -0.25) is 9.59 Å². The van der Waals surface area contributed by atoms with Gasteiger partial charge in [-0.15, -0.1) is 0 Å². The highest BCUT2D eigenvalue weighted by molar-refractivity contribution is 6.06. The summed E-state index contributed by atoms with van der Waals surface area (Å²) < 4.78 is 11.4. The summed E-state index contributed by atoms with van der Waals surface area (Å²) >= 11 is 0. The van der Waals surface area contributed by atoms with Gasteiger partial charge in [0.2, 0.25) is 0 Å². The molecule has 6 heteroatoms. The van der Waals surface area contributed by atoms with E-state index >= 15 is 0 Å². The molecule has 0 aromatic heterocycles. The van der Waals surface area contributed by atoms with Crippen LogP contribution in [0.25, 0.3) is 0 Å². The van der Waals surface area contributed by atoms with Crippen molar-refractivity contribution in [2.45, 2.75) is 20.0 Å². The Morgan fingerprint density at radius 3 is 2.32 bits per heavy atom.